The van der Waals surface area contributed by atoms with Crippen LogP contribution in [0.4, 0.5) is 0 Å². The summed E-state index contributed by atoms with van der Waals surface area (Å²) in [7, 11) is 1.64. The number of H-pyrrole nitrogens is 1. The molecule has 0 unspecified atom stereocenters. The van der Waals surface area contributed by atoms with Crippen molar-refractivity contribution < 1.29 is 4.74 Å². The number of aromatic nitrogens is 1. The van der Waals surface area contributed by atoms with Gasteiger partial charge >= 0.3 is 0 Å². The van der Waals surface area contributed by atoms with E-state index in [2.05, 4.69) is 9.98 Å². The normalized spacial score (nSPS) is 11.9. The number of nitrogens with zero attached hydrogens (tertiary/aromatic N) is 1. The van der Waals surface area contributed by atoms with Crippen molar-refractivity contribution >= 4 is 5.84 Å². The minimum atomic E-state index is 0.525. The molecule has 0 aromatic carbocycles. The molecule has 1 rings (SSSR count). The lowest BCUT2D eigenvalue weighted by atomic mass is 10.4. The predicted molar refractivity (Wildman–Crippen MR) is 48.3 cm³/mol. The predicted octanol–water partition coefficient (Wildman–Crippen LogP) is 0.366. The third kappa shape index (κ3) is 2.39. The Hall–Kier alpha value is -1.29. The highest BCUT2D eigenvalue weighted by atomic mass is 16.5. The number of ether oxygens (including phenoxy) is 1. The Morgan fingerprint density at radius 1 is 1.75 bits per heavy atom. The van der Waals surface area contributed by atoms with Crippen molar-refractivity contribution in [3.8, 4) is 0 Å². The molecule has 3 N–H and O–H groups in total. The molecular formula is C8H13N3O. The number of amidine groups is 1. The van der Waals surface area contributed by atoms with Gasteiger partial charge in [0.05, 0.1) is 18.8 Å². The molecule has 0 amide bonds. The van der Waals surface area contributed by atoms with E-state index in [0.717, 1.165) is 5.69 Å². The second kappa shape index (κ2) is 4.56. The standard InChI is InChI=1S/C8H13N3O/c1-12-6-5-11-8(9)7-3-2-4-10-7/h2-4,10H,5-6H2,1H3,(H2,9,11). The quantitative estimate of drug-likeness (QED) is 0.386. The van der Waals surface area contributed by atoms with Crippen LogP contribution in [-0.4, -0.2) is 31.1 Å². The van der Waals surface area contributed by atoms with Crippen molar-refractivity contribution in [2.24, 2.45) is 10.7 Å². The number of nitrogens with one attached hydrogen (secondary N) is 1. The van der Waals surface area contributed by atoms with Gasteiger partial charge in [-0.2, -0.15) is 0 Å². The second-order valence-electron chi connectivity index (χ2n) is 2.34. The molecule has 4 heteroatoms. The number of hydrogen-bond donors (Lipinski definition) is 2. The first-order valence-corrected chi connectivity index (χ1v) is 3.77. The van der Waals surface area contributed by atoms with Crippen LogP contribution in [0.3, 0.4) is 0 Å². The highest BCUT2D eigenvalue weighted by Crippen LogP contribution is 1.92. The van der Waals surface area contributed by atoms with Gasteiger partial charge in [-0.1, -0.05) is 0 Å². The van der Waals surface area contributed by atoms with Gasteiger partial charge in [-0.05, 0) is 12.1 Å². The van der Waals surface area contributed by atoms with Gasteiger partial charge in [0.1, 0.15) is 5.84 Å². The molecule has 0 saturated carbocycles. The SMILES string of the molecule is COCCN=C(N)c1ccc[nH]1. The van der Waals surface area contributed by atoms with Gasteiger partial charge in [0.2, 0.25) is 0 Å². The minimum Gasteiger partial charge on any atom is -0.383 e. The Labute approximate surface area is 71.4 Å². The molecule has 0 atom stereocenters. The van der Waals surface area contributed by atoms with Gasteiger partial charge in [-0.3, -0.25) is 4.99 Å². The summed E-state index contributed by atoms with van der Waals surface area (Å²) in [6, 6.07) is 3.76. The molecular weight excluding hydrogens is 154 g/mol. The van der Waals surface area contributed by atoms with Crippen LogP contribution in [0, 0.1) is 0 Å². The molecule has 1 aromatic heterocycles. The van der Waals surface area contributed by atoms with Crippen LogP contribution < -0.4 is 5.73 Å². The lowest BCUT2D eigenvalue weighted by Crippen LogP contribution is -2.15. The van der Waals surface area contributed by atoms with Crippen LogP contribution >= 0.6 is 0 Å². The van der Waals surface area contributed by atoms with Gasteiger partial charge < -0.3 is 15.5 Å². The van der Waals surface area contributed by atoms with Crippen molar-refractivity contribution in [3.63, 3.8) is 0 Å². The Bertz CT molecular complexity index is 241. The maximum Gasteiger partial charge on any atom is 0.142 e. The molecule has 0 saturated heterocycles. The van der Waals surface area contributed by atoms with Gasteiger partial charge in [0, 0.05) is 13.3 Å². The summed E-state index contributed by atoms with van der Waals surface area (Å²) in [5.41, 5.74) is 6.50. The smallest absolute Gasteiger partial charge is 0.142 e. The summed E-state index contributed by atoms with van der Waals surface area (Å²) in [6.07, 6.45) is 1.81. The fourth-order valence-electron chi connectivity index (χ4n) is 0.832. The first kappa shape index (κ1) is 8.80. The van der Waals surface area contributed by atoms with E-state index in [0.29, 0.717) is 19.0 Å². The molecule has 12 heavy (non-hydrogen) atoms. The summed E-state index contributed by atoms with van der Waals surface area (Å²) in [6.45, 7) is 1.20. The molecule has 0 aliphatic heterocycles. The summed E-state index contributed by atoms with van der Waals surface area (Å²) in [4.78, 5) is 7.06. The monoisotopic (exact) mass is 167 g/mol. The highest BCUT2D eigenvalue weighted by Gasteiger charge is 1.95. The zero-order valence-electron chi connectivity index (χ0n) is 7.08. The average Bonchev–Trinajstić information content (AvgIpc) is 2.56. The Morgan fingerprint density at radius 3 is 3.17 bits per heavy atom. The van der Waals surface area contributed by atoms with Crippen LogP contribution in [0.1, 0.15) is 5.69 Å². The van der Waals surface area contributed by atoms with E-state index >= 15 is 0 Å². The van der Waals surface area contributed by atoms with Crippen LogP contribution in [0.25, 0.3) is 0 Å². The average molecular weight is 167 g/mol. The van der Waals surface area contributed by atoms with Crippen LogP contribution in [0.15, 0.2) is 23.3 Å². The van der Waals surface area contributed by atoms with E-state index in [1.807, 2.05) is 18.3 Å². The number of methoxy groups -OCH3 is 1. The van der Waals surface area contributed by atoms with Crippen molar-refractivity contribution in [3.05, 3.63) is 24.0 Å². The van der Waals surface area contributed by atoms with E-state index < -0.39 is 0 Å². The van der Waals surface area contributed by atoms with Crippen molar-refractivity contribution in [1.82, 2.24) is 4.98 Å². The van der Waals surface area contributed by atoms with Crippen LogP contribution in [0.2, 0.25) is 0 Å². The fraction of sp³-hybridized carbons (Fsp3) is 0.375. The minimum absolute atomic E-state index is 0.525. The van der Waals surface area contributed by atoms with Gasteiger partial charge in [0.15, 0.2) is 0 Å². The lowest BCUT2D eigenvalue weighted by molar-refractivity contribution is 0.208. The third-order valence-electron chi connectivity index (χ3n) is 1.45. The largest absolute Gasteiger partial charge is 0.383 e. The Balaban J connectivity index is 2.47. The van der Waals surface area contributed by atoms with Crippen molar-refractivity contribution in [1.29, 1.82) is 0 Å². The number of aliphatic imine (C=N–C) groups is 1. The van der Waals surface area contributed by atoms with Gasteiger partial charge in [-0.25, -0.2) is 0 Å². The second-order valence-corrected chi connectivity index (χ2v) is 2.34. The summed E-state index contributed by atoms with van der Waals surface area (Å²) in [5, 5.41) is 0. The summed E-state index contributed by atoms with van der Waals surface area (Å²) < 4.78 is 4.84. The molecule has 4 nitrogen and oxygen atoms in total. The molecule has 1 heterocycles. The molecule has 66 valence electrons. The number of aromatic amines is 1. The third-order valence-corrected chi connectivity index (χ3v) is 1.45. The molecule has 1 aromatic rings. The fourth-order valence-corrected chi connectivity index (χ4v) is 0.832. The molecule has 0 spiro atoms. The summed E-state index contributed by atoms with van der Waals surface area (Å²) in [5.74, 6) is 0.525. The van der Waals surface area contributed by atoms with Crippen LogP contribution in [-0.2, 0) is 4.74 Å². The van der Waals surface area contributed by atoms with Crippen molar-refractivity contribution in [2.75, 3.05) is 20.3 Å². The number of hydrogen-bond acceptors (Lipinski definition) is 2. The molecule has 0 radical (unpaired) electrons. The van der Waals surface area contributed by atoms with Gasteiger partial charge in [0.25, 0.3) is 0 Å². The van der Waals surface area contributed by atoms with E-state index in [9.17, 15) is 0 Å². The maximum atomic E-state index is 5.64. The Morgan fingerprint density at radius 2 is 2.58 bits per heavy atom. The topological polar surface area (TPSA) is 63.4 Å². The van der Waals surface area contributed by atoms with E-state index in [4.69, 9.17) is 10.5 Å². The first-order chi connectivity index (χ1) is 5.84. The van der Waals surface area contributed by atoms with Crippen molar-refractivity contribution in [2.45, 2.75) is 0 Å². The lowest BCUT2D eigenvalue weighted by Gasteiger charge is -1.96. The van der Waals surface area contributed by atoms with E-state index in [1.54, 1.807) is 7.11 Å². The number of nitrogens with two attached hydrogens (primary N) is 1. The first-order valence-electron chi connectivity index (χ1n) is 3.77. The maximum absolute atomic E-state index is 5.64. The van der Waals surface area contributed by atoms with Gasteiger partial charge in [-0.15, -0.1) is 0 Å². The molecule has 0 aliphatic carbocycles. The zero-order valence-corrected chi connectivity index (χ0v) is 7.08. The molecule has 0 aliphatic rings. The van der Waals surface area contributed by atoms with Crippen LogP contribution in [0.5, 0.6) is 0 Å². The number of rotatable bonds is 4. The molecule has 0 fully saturated rings. The highest BCUT2D eigenvalue weighted by molar-refractivity contribution is 5.95. The molecule has 0 bridgehead atoms. The van der Waals surface area contributed by atoms with E-state index in [-0.39, 0.29) is 0 Å². The zero-order chi connectivity index (χ0) is 8.81. The summed E-state index contributed by atoms with van der Waals surface area (Å²) >= 11 is 0. The Kier molecular flexibility index (Phi) is 3.35. The van der Waals surface area contributed by atoms with E-state index in [1.165, 1.54) is 0 Å².